The molecule has 0 saturated carbocycles. The number of aromatic nitrogens is 3. The second-order valence-corrected chi connectivity index (χ2v) is 29.4. The van der Waals surface area contributed by atoms with Gasteiger partial charge in [-0.3, -0.25) is 62.3 Å². The van der Waals surface area contributed by atoms with Crippen LogP contribution in [0.4, 0.5) is 0 Å². The number of carbonyl (C=O) groups excluding carboxylic acids is 13. The van der Waals surface area contributed by atoms with Crippen LogP contribution < -0.4 is 75.3 Å². The van der Waals surface area contributed by atoms with Gasteiger partial charge in [-0.15, -0.1) is 0 Å². The number of aromatic amines is 2. The van der Waals surface area contributed by atoms with Gasteiger partial charge in [-0.1, -0.05) is 108 Å². The van der Waals surface area contributed by atoms with Crippen molar-refractivity contribution in [1.82, 2.24) is 78.8 Å². The Morgan fingerprint density at radius 3 is 1.57 bits per heavy atom. The minimum atomic E-state index is -1.81. The lowest BCUT2D eigenvalue weighted by Crippen LogP contribution is -2.62. The van der Waals surface area contributed by atoms with Gasteiger partial charge < -0.3 is 95.4 Å². The highest BCUT2D eigenvalue weighted by Gasteiger charge is 2.39. The number of para-hydroxylation sites is 1. The number of fused-ring (bicyclic) bond motifs is 6. The second-order valence-electron chi connectivity index (χ2n) is 24.2. The van der Waals surface area contributed by atoms with Gasteiger partial charge >= 0.3 is 0 Å². The molecule has 2 saturated heterocycles. The number of nitrogens with zero attached hydrogens (tertiary/aromatic N) is 1. The molecule has 20 N–H and O–H groups in total. The lowest BCUT2D eigenvalue weighted by Gasteiger charge is -2.29. The predicted octanol–water partition coefficient (Wildman–Crippen LogP) is -2.81. The summed E-state index contributed by atoms with van der Waals surface area (Å²) in [5, 5.41) is 53.2. The first-order valence-corrected chi connectivity index (χ1v) is 36.6. The van der Waals surface area contributed by atoms with Gasteiger partial charge in [0.2, 0.25) is 76.8 Å². The Morgan fingerprint density at radius 2 is 1.01 bits per heavy atom. The number of hydrogen-bond donors (Lipinski definition) is 18. The summed E-state index contributed by atoms with van der Waals surface area (Å²) in [5.41, 5.74) is 13.9. The zero-order valence-corrected chi connectivity index (χ0v) is 58.4. The fourth-order valence-corrected chi connectivity index (χ4v) is 14.6. The van der Waals surface area contributed by atoms with E-state index in [4.69, 9.17) is 11.5 Å². The van der Waals surface area contributed by atoms with Gasteiger partial charge in [-0.2, -0.15) is 0 Å². The average molecular weight is 1440 g/mol. The summed E-state index contributed by atoms with van der Waals surface area (Å²) in [7, 11) is 3.78. The highest BCUT2D eigenvalue weighted by Crippen LogP contribution is 2.26. The number of imidazole rings is 1. The van der Waals surface area contributed by atoms with Crippen LogP contribution in [-0.2, 0) is 81.6 Å². The van der Waals surface area contributed by atoms with Crippen LogP contribution in [0.1, 0.15) is 78.6 Å². The Bertz CT molecular complexity index is 3490. The molecule has 15 atom stereocenters. The molecule has 6 rings (SSSR count). The van der Waals surface area contributed by atoms with E-state index in [1.807, 2.05) is 0 Å². The van der Waals surface area contributed by atoms with E-state index in [2.05, 4.69) is 78.8 Å². The molecular formula is C62H87N17O15S4. The van der Waals surface area contributed by atoms with Crippen LogP contribution in [-0.4, -0.2) is 210 Å². The number of aliphatic hydroxyl groups is 1. The number of carbonyl (C=O) groups is 13. The molecular weight excluding hydrogens is 1350 g/mol. The maximum atomic E-state index is 15.2. The molecule has 534 valence electrons. The Balaban J connectivity index is 1.47. The van der Waals surface area contributed by atoms with Crippen molar-refractivity contribution in [2.75, 3.05) is 23.0 Å². The number of hydrogen-bond acceptors (Lipinski definition) is 21. The summed E-state index contributed by atoms with van der Waals surface area (Å²) in [6, 6.07) is -6.53. The number of aliphatic hydroxyl groups excluding tert-OH is 1. The largest absolute Gasteiger partial charge is 0.508 e. The second kappa shape index (κ2) is 37.4. The van der Waals surface area contributed by atoms with Gasteiger partial charge in [0.05, 0.1) is 18.5 Å². The summed E-state index contributed by atoms with van der Waals surface area (Å²) >= 11 is 0. The van der Waals surface area contributed by atoms with Gasteiger partial charge in [0.25, 0.3) is 0 Å². The normalized spacial score (nSPS) is 27.6. The first kappa shape index (κ1) is 78.4. The molecule has 98 heavy (non-hydrogen) atoms. The van der Waals surface area contributed by atoms with Crippen molar-refractivity contribution < 1.29 is 72.5 Å². The molecule has 2 aliphatic rings. The number of aromatic hydroxyl groups is 1. The fraction of sp³-hybridized carbons (Fsp3) is 0.516. The van der Waals surface area contributed by atoms with Gasteiger partial charge in [-0.25, -0.2) is 4.98 Å². The Labute approximate surface area is 581 Å². The van der Waals surface area contributed by atoms with Crippen molar-refractivity contribution in [3.63, 3.8) is 0 Å². The fourth-order valence-electron chi connectivity index (χ4n) is 9.96. The minimum Gasteiger partial charge on any atom is -0.508 e. The van der Waals surface area contributed by atoms with Crippen molar-refractivity contribution >= 4 is 131 Å². The van der Waals surface area contributed by atoms with Crippen molar-refractivity contribution in [1.29, 1.82) is 0 Å². The standard InChI is InChI=1S/C62H87N17O15S4/c1-9-29(4)48-61(93)70-30(5)51(83)68-31(6)52(84)72-43(20-36-22-65-27-67-36)56(88)75-45-25-97-98-26-46(59(91)78-48)76-55(87)41(18-34-14-16-37(81)17-15-34)71-53(85)32(7)69-60(92)47(28(2)3)77-54(86)39(63)23-95-96-24-44(50(64)82)74-62(94)49(33(8)80)79-57(89)42(73-58(45)90)19-35-21-66-40-13-11-10-12-38(35)40/h10-17,21-22,27-33,39,41-49,66,80-81H,9,18-20,23-26,63H2,1-8H3,(H2,64,82)(H,65,67)(H,68,83)(H,69,92)(H,70,93)(H,71,85)(H,72,84)(H,73,90)(H,74,94)(H,75,88)(H,76,87)(H,77,86)(H,78,91)(H,79,89)/t29-,30-,31-,32-,33+,39-,41-,42-,43-,44-,45-,46-,47-,48-,49-/m0/s1. The molecule has 0 aliphatic carbocycles. The number of amides is 13. The summed E-state index contributed by atoms with van der Waals surface area (Å²) in [6.07, 6.45) is 2.12. The first-order chi connectivity index (χ1) is 46.4. The predicted molar refractivity (Wildman–Crippen MR) is 369 cm³/mol. The van der Waals surface area contributed by atoms with Crippen molar-refractivity contribution in [3.8, 4) is 5.75 Å². The number of rotatable bonds is 11. The van der Waals surface area contributed by atoms with E-state index in [0.717, 1.165) is 43.2 Å². The first-order valence-electron chi connectivity index (χ1n) is 31.6. The van der Waals surface area contributed by atoms with E-state index in [1.165, 1.54) is 64.5 Å². The van der Waals surface area contributed by atoms with Gasteiger partial charge in [-0.05, 0) is 68.9 Å². The zero-order chi connectivity index (χ0) is 72.1. The molecule has 2 aromatic carbocycles. The molecule has 0 radical (unpaired) electrons. The number of H-pyrrole nitrogens is 2. The van der Waals surface area contributed by atoms with E-state index in [-0.39, 0.29) is 42.3 Å². The average Bonchev–Trinajstić information content (AvgIpc) is 1.57. The molecule has 0 spiro atoms. The molecule has 36 heteroatoms. The van der Waals surface area contributed by atoms with E-state index < -0.39 is 179 Å². The quantitative estimate of drug-likeness (QED) is 0.0674. The molecule has 2 aromatic heterocycles. The third kappa shape index (κ3) is 23.0. The SMILES string of the molecule is CC[C@H](C)[C@@H]1NC(=O)[C@@H]2CSSC[C@H](NC(=O)[C@H](Cc3cnc[nH]3)NC(=O)[C@H](C)NC(=O)[C@H](C)NC1=O)C(=O)N[C@@H](Cc1c[nH]c3ccccc13)C(=O)N[C@@H]([C@@H](C)O)C(=O)N[C@H](C(N)=O)CSSC[C@H](N)C(=O)N[C@@H](C(C)C)C(=O)N[C@@H](C)C(=O)N[C@@H](Cc1ccc(O)cc1)C(=O)N2. The monoisotopic (exact) mass is 1440 g/mol. The molecule has 0 unspecified atom stereocenters. The van der Waals surface area contributed by atoms with Crippen LogP contribution in [0.5, 0.6) is 5.75 Å². The van der Waals surface area contributed by atoms with Gasteiger partial charge in [0.1, 0.15) is 78.3 Å². The summed E-state index contributed by atoms with van der Waals surface area (Å²) < 4.78 is 0. The van der Waals surface area contributed by atoms with Crippen LogP contribution in [0.2, 0.25) is 0 Å². The third-order valence-electron chi connectivity index (χ3n) is 16.1. The Morgan fingerprint density at radius 1 is 0.531 bits per heavy atom. The van der Waals surface area contributed by atoms with Crippen LogP contribution in [0.25, 0.3) is 10.9 Å². The minimum absolute atomic E-state index is 0.111. The molecule has 2 fully saturated rings. The maximum absolute atomic E-state index is 15.2. The molecule has 13 amide bonds. The zero-order valence-electron chi connectivity index (χ0n) is 55.2. The molecule has 32 nitrogen and oxygen atoms in total. The van der Waals surface area contributed by atoms with E-state index in [0.29, 0.717) is 34.1 Å². The molecule has 2 aliphatic heterocycles. The molecule has 4 aromatic rings. The number of primary amides is 1. The molecule has 4 heterocycles. The topological polar surface area (TPSA) is 503 Å². The van der Waals surface area contributed by atoms with E-state index in [9.17, 15) is 67.7 Å². The van der Waals surface area contributed by atoms with Crippen LogP contribution in [0, 0.1) is 11.8 Å². The number of benzene rings is 2. The maximum Gasteiger partial charge on any atom is 0.245 e. The van der Waals surface area contributed by atoms with Crippen molar-refractivity contribution in [2.24, 2.45) is 23.3 Å². The highest BCUT2D eigenvalue weighted by atomic mass is 33.1. The lowest BCUT2D eigenvalue weighted by atomic mass is 9.97. The molecule has 2 bridgehead atoms. The number of phenolic OH excluding ortho intramolecular Hbond substituents is 1. The summed E-state index contributed by atoms with van der Waals surface area (Å²) in [5.74, 6) is -14.5. The van der Waals surface area contributed by atoms with E-state index in [1.54, 1.807) is 58.2 Å². The lowest BCUT2D eigenvalue weighted by molar-refractivity contribution is -0.136. The van der Waals surface area contributed by atoms with Crippen molar-refractivity contribution in [3.05, 3.63) is 84.1 Å². The highest BCUT2D eigenvalue weighted by molar-refractivity contribution is 8.77. The van der Waals surface area contributed by atoms with Crippen LogP contribution in [0.15, 0.2) is 67.3 Å². The van der Waals surface area contributed by atoms with Crippen LogP contribution in [0.3, 0.4) is 0 Å². The summed E-state index contributed by atoms with van der Waals surface area (Å²) in [6.45, 7) is 11.8. The third-order valence-corrected chi connectivity index (χ3v) is 21.0. The number of nitrogens with two attached hydrogens (primary N) is 2. The van der Waals surface area contributed by atoms with E-state index >= 15 is 4.79 Å². The van der Waals surface area contributed by atoms with Crippen molar-refractivity contribution in [2.45, 2.75) is 166 Å². The number of phenols is 1. The van der Waals surface area contributed by atoms with Crippen LogP contribution >= 0.6 is 43.2 Å². The Kier molecular flexibility index (Phi) is 29.9. The van der Waals surface area contributed by atoms with Gasteiger partial charge in [0.15, 0.2) is 0 Å². The smallest absolute Gasteiger partial charge is 0.245 e. The summed E-state index contributed by atoms with van der Waals surface area (Å²) in [4.78, 5) is 196. The number of nitrogens with one attached hydrogen (secondary N) is 14. The Hall–Kier alpha value is -8.58. The van der Waals surface area contributed by atoms with Gasteiger partial charge in [0, 0.05) is 71.3 Å².